The average molecular weight is 320 g/mol. The zero-order valence-corrected chi connectivity index (χ0v) is 13.3. The molecule has 0 aliphatic rings. The van der Waals surface area contributed by atoms with Gasteiger partial charge in [-0.2, -0.15) is 0 Å². The molecule has 1 heterocycles. The van der Waals surface area contributed by atoms with E-state index in [0.717, 1.165) is 9.40 Å². The van der Waals surface area contributed by atoms with Gasteiger partial charge in [0, 0.05) is 12.4 Å². The van der Waals surface area contributed by atoms with Gasteiger partial charge in [0.2, 0.25) is 6.17 Å². The molecule has 1 rings (SSSR count). The SMILES string of the molecule is CON(C)C(=O)C(F)[C@@H](O)/C(C)=C/c1csc(SC)n1. The van der Waals surface area contributed by atoms with Crippen LogP contribution in [0, 0.1) is 0 Å². The molecule has 0 saturated heterocycles. The molecule has 5 nitrogen and oxygen atoms in total. The predicted octanol–water partition coefficient (Wildman–Crippen LogP) is 1.99. The summed E-state index contributed by atoms with van der Waals surface area (Å²) in [5.74, 6) is -0.934. The third-order valence-electron chi connectivity index (χ3n) is 2.61. The van der Waals surface area contributed by atoms with E-state index in [9.17, 15) is 14.3 Å². The third-order valence-corrected chi connectivity index (χ3v) is 4.50. The summed E-state index contributed by atoms with van der Waals surface area (Å²) in [6.45, 7) is 1.55. The number of aliphatic hydroxyl groups is 1. The highest BCUT2D eigenvalue weighted by Gasteiger charge is 2.30. The normalized spacial score (nSPS) is 15.0. The van der Waals surface area contributed by atoms with E-state index in [1.54, 1.807) is 18.4 Å². The lowest BCUT2D eigenvalue weighted by molar-refractivity contribution is -0.177. The molecule has 0 aliphatic heterocycles. The van der Waals surface area contributed by atoms with Crippen LogP contribution < -0.4 is 0 Å². The summed E-state index contributed by atoms with van der Waals surface area (Å²) < 4.78 is 14.7. The highest BCUT2D eigenvalue weighted by Crippen LogP contribution is 2.22. The highest BCUT2D eigenvalue weighted by atomic mass is 32.2. The number of halogens is 1. The van der Waals surface area contributed by atoms with Crippen LogP contribution in [0.1, 0.15) is 12.6 Å². The van der Waals surface area contributed by atoms with Gasteiger partial charge in [-0.3, -0.25) is 9.63 Å². The maximum atomic E-state index is 13.9. The Balaban J connectivity index is 2.79. The van der Waals surface area contributed by atoms with Crippen molar-refractivity contribution in [2.24, 2.45) is 0 Å². The molecule has 0 aliphatic carbocycles. The molecule has 0 radical (unpaired) electrons. The van der Waals surface area contributed by atoms with E-state index in [4.69, 9.17) is 0 Å². The number of hydrogen-bond donors (Lipinski definition) is 1. The summed E-state index contributed by atoms with van der Waals surface area (Å²) in [5, 5.41) is 12.4. The molecule has 0 aromatic carbocycles. The number of carbonyl (C=O) groups excluding carboxylic acids is 1. The number of carbonyl (C=O) groups is 1. The number of aliphatic hydroxyl groups excluding tert-OH is 1. The van der Waals surface area contributed by atoms with Crippen LogP contribution in [-0.4, -0.2) is 53.7 Å². The Labute approximate surface area is 125 Å². The van der Waals surface area contributed by atoms with Crippen molar-refractivity contribution < 1.29 is 19.1 Å². The van der Waals surface area contributed by atoms with Crippen LogP contribution in [0.15, 0.2) is 15.3 Å². The second-order valence-corrected chi connectivity index (χ2v) is 5.91. The minimum atomic E-state index is -2.07. The molecule has 1 unspecified atom stereocenters. The van der Waals surface area contributed by atoms with Crippen molar-refractivity contribution in [2.45, 2.75) is 23.5 Å². The fraction of sp³-hybridized carbons (Fsp3) is 0.500. The fourth-order valence-electron chi connectivity index (χ4n) is 1.38. The van der Waals surface area contributed by atoms with Crippen LogP contribution in [0.5, 0.6) is 0 Å². The summed E-state index contributed by atoms with van der Waals surface area (Å²) in [7, 11) is 2.53. The van der Waals surface area contributed by atoms with Gasteiger partial charge in [0.05, 0.1) is 12.8 Å². The summed E-state index contributed by atoms with van der Waals surface area (Å²) in [4.78, 5) is 20.4. The molecule has 0 bridgehead atoms. The molecule has 1 aromatic heterocycles. The quantitative estimate of drug-likeness (QED) is 0.641. The standard InChI is InChI=1S/C12H17FN2O3S2/c1-7(5-8-6-20-12(14-8)19-4)10(16)9(13)11(17)15(2)18-3/h5-6,9-10,16H,1-4H3/b7-5+/t9?,10-/m0/s1. The zero-order valence-electron chi connectivity index (χ0n) is 11.7. The van der Waals surface area contributed by atoms with Crippen molar-refractivity contribution in [3.63, 3.8) is 0 Å². The largest absolute Gasteiger partial charge is 0.385 e. The lowest BCUT2D eigenvalue weighted by atomic mass is 10.1. The molecule has 0 saturated carbocycles. The Morgan fingerprint density at radius 3 is 2.85 bits per heavy atom. The van der Waals surface area contributed by atoms with Crippen LogP contribution in [0.4, 0.5) is 4.39 Å². The van der Waals surface area contributed by atoms with Crippen LogP contribution in [0.2, 0.25) is 0 Å². The molecule has 0 fully saturated rings. The third kappa shape index (κ3) is 4.27. The minimum absolute atomic E-state index is 0.327. The molecule has 1 amide bonds. The Bertz CT molecular complexity index is 493. The molecule has 2 atom stereocenters. The number of alkyl halides is 1. The Hall–Kier alpha value is -0.960. The van der Waals surface area contributed by atoms with Gasteiger partial charge in [-0.05, 0) is 24.8 Å². The zero-order chi connectivity index (χ0) is 15.3. The molecule has 1 N–H and O–H groups in total. The number of rotatable bonds is 6. The Kier molecular flexibility index (Phi) is 6.60. The van der Waals surface area contributed by atoms with Gasteiger partial charge in [0.1, 0.15) is 10.4 Å². The smallest absolute Gasteiger partial charge is 0.283 e. The van der Waals surface area contributed by atoms with E-state index in [1.165, 1.54) is 37.3 Å². The van der Waals surface area contributed by atoms with Crippen molar-refractivity contribution in [3.8, 4) is 0 Å². The maximum Gasteiger partial charge on any atom is 0.283 e. The van der Waals surface area contributed by atoms with Gasteiger partial charge in [0.25, 0.3) is 5.91 Å². The number of hydrogen-bond acceptors (Lipinski definition) is 6. The molecule has 1 aromatic rings. The summed E-state index contributed by atoms with van der Waals surface area (Å²) in [5.41, 5.74) is 0.962. The summed E-state index contributed by atoms with van der Waals surface area (Å²) >= 11 is 2.97. The minimum Gasteiger partial charge on any atom is -0.385 e. The first-order valence-corrected chi connectivity index (χ1v) is 7.82. The van der Waals surface area contributed by atoms with Crippen LogP contribution >= 0.6 is 23.1 Å². The number of aromatic nitrogens is 1. The first-order chi connectivity index (χ1) is 9.40. The number of thiazole rings is 1. The predicted molar refractivity (Wildman–Crippen MR) is 78.2 cm³/mol. The average Bonchev–Trinajstić information content (AvgIpc) is 2.91. The van der Waals surface area contributed by atoms with E-state index < -0.39 is 18.2 Å². The Morgan fingerprint density at radius 2 is 2.35 bits per heavy atom. The lowest BCUT2D eigenvalue weighted by Crippen LogP contribution is -2.40. The lowest BCUT2D eigenvalue weighted by Gasteiger charge is -2.20. The van der Waals surface area contributed by atoms with Crippen LogP contribution in [-0.2, 0) is 9.63 Å². The van der Waals surface area contributed by atoms with Crippen molar-refractivity contribution in [2.75, 3.05) is 20.4 Å². The summed E-state index contributed by atoms with van der Waals surface area (Å²) in [6.07, 6.45) is -0.132. The monoisotopic (exact) mass is 320 g/mol. The van der Waals surface area contributed by atoms with Crippen molar-refractivity contribution in [1.29, 1.82) is 0 Å². The van der Waals surface area contributed by atoms with Gasteiger partial charge < -0.3 is 5.11 Å². The Morgan fingerprint density at radius 1 is 1.70 bits per heavy atom. The first kappa shape index (κ1) is 17.1. The van der Waals surface area contributed by atoms with E-state index in [1.807, 2.05) is 6.26 Å². The maximum absolute atomic E-state index is 13.9. The van der Waals surface area contributed by atoms with Gasteiger partial charge in [-0.15, -0.1) is 11.3 Å². The van der Waals surface area contributed by atoms with Gasteiger partial charge >= 0.3 is 0 Å². The second kappa shape index (κ2) is 7.72. The van der Waals surface area contributed by atoms with Gasteiger partial charge in [-0.25, -0.2) is 14.4 Å². The topological polar surface area (TPSA) is 62.7 Å². The second-order valence-electron chi connectivity index (χ2n) is 4.00. The number of amides is 1. The van der Waals surface area contributed by atoms with Crippen molar-refractivity contribution in [1.82, 2.24) is 10.0 Å². The highest BCUT2D eigenvalue weighted by molar-refractivity contribution is 8.00. The van der Waals surface area contributed by atoms with Gasteiger partial charge in [-0.1, -0.05) is 11.8 Å². The van der Waals surface area contributed by atoms with Crippen molar-refractivity contribution >= 4 is 35.1 Å². The van der Waals surface area contributed by atoms with E-state index >= 15 is 0 Å². The number of thioether (sulfide) groups is 1. The van der Waals surface area contributed by atoms with Crippen molar-refractivity contribution in [3.05, 3.63) is 16.6 Å². The fourth-order valence-corrected chi connectivity index (χ4v) is 2.60. The molecule has 112 valence electrons. The molecular weight excluding hydrogens is 303 g/mol. The molecule has 0 spiro atoms. The van der Waals surface area contributed by atoms with Gasteiger partial charge in [0.15, 0.2) is 0 Å². The molecule has 20 heavy (non-hydrogen) atoms. The molecule has 8 heteroatoms. The van der Waals surface area contributed by atoms with E-state index in [-0.39, 0.29) is 0 Å². The van der Waals surface area contributed by atoms with E-state index in [2.05, 4.69) is 9.82 Å². The number of nitrogens with zero attached hydrogens (tertiary/aromatic N) is 2. The molecular formula is C12H17FN2O3S2. The summed E-state index contributed by atoms with van der Waals surface area (Å²) in [6, 6.07) is 0. The van der Waals surface area contributed by atoms with E-state index in [0.29, 0.717) is 11.3 Å². The van der Waals surface area contributed by atoms with Crippen LogP contribution in [0.3, 0.4) is 0 Å². The first-order valence-electron chi connectivity index (χ1n) is 5.72. The number of hydroxylamine groups is 2. The van der Waals surface area contributed by atoms with Crippen LogP contribution in [0.25, 0.3) is 6.08 Å².